The maximum absolute atomic E-state index is 11.0. The van der Waals surface area contributed by atoms with Crippen molar-refractivity contribution in [1.82, 2.24) is 0 Å². The average molecular weight is 337 g/mol. The Morgan fingerprint density at radius 2 is 2.00 bits per heavy atom. The zero-order valence-electron chi connectivity index (χ0n) is 10.6. The van der Waals surface area contributed by atoms with Gasteiger partial charge in [0.15, 0.2) is 6.29 Å². The highest BCUT2D eigenvalue weighted by Crippen LogP contribution is 2.30. The molecule has 0 aliphatic carbocycles. The number of benzene rings is 2. The molecule has 0 fully saturated rings. The minimum Gasteiger partial charge on any atom is -0.457 e. The number of aryl methyl sites for hydroxylation is 1. The summed E-state index contributed by atoms with van der Waals surface area (Å²) in [4.78, 5) is 12.2. The summed E-state index contributed by atoms with van der Waals surface area (Å²) in [5, 5.41) is 0. The molecule has 0 aliphatic heterocycles. The van der Waals surface area contributed by atoms with Crippen LogP contribution in [0.1, 0.15) is 15.9 Å². The van der Waals surface area contributed by atoms with Crippen LogP contribution < -0.4 is 4.74 Å². The topological polar surface area (TPSA) is 26.3 Å². The summed E-state index contributed by atoms with van der Waals surface area (Å²) in [5.74, 6) is 1.29. The predicted octanol–water partition coefficient (Wildman–Crippen LogP) is 5.08. The number of halogens is 1. The summed E-state index contributed by atoms with van der Waals surface area (Å²) in [6.07, 6.45) is 2.84. The van der Waals surface area contributed by atoms with E-state index < -0.39 is 0 Å². The van der Waals surface area contributed by atoms with Gasteiger partial charge < -0.3 is 4.74 Å². The molecule has 19 heavy (non-hydrogen) atoms. The van der Waals surface area contributed by atoms with Crippen molar-refractivity contribution in [3.8, 4) is 11.5 Å². The van der Waals surface area contributed by atoms with Crippen LogP contribution in [0.25, 0.3) is 0 Å². The molecule has 0 saturated heterocycles. The maximum Gasteiger partial charge on any atom is 0.153 e. The molecule has 2 aromatic rings. The molecule has 0 amide bonds. The first kappa shape index (κ1) is 14.2. The number of ether oxygens (including phenoxy) is 1. The van der Waals surface area contributed by atoms with Crippen LogP contribution in [-0.2, 0) is 0 Å². The van der Waals surface area contributed by atoms with Gasteiger partial charge >= 0.3 is 0 Å². The van der Waals surface area contributed by atoms with Crippen molar-refractivity contribution in [2.24, 2.45) is 0 Å². The fraction of sp³-hybridized carbons (Fsp3) is 0.133. The second-order valence-corrected chi connectivity index (χ2v) is 5.80. The first-order valence-corrected chi connectivity index (χ1v) is 7.73. The summed E-state index contributed by atoms with van der Waals surface area (Å²) in [6.45, 7) is 2.04. The first-order valence-electron chi connectivity index (χ1n) is 5.71. The molecule has 0 unspecified atom stereocenters. The van der Waals surface area contributed by atoms with E-state index in [1.54, 1.807) is 23.9 Å². The second kappa shape index (κ2) is 6.26. The fourth-order valence-electron chi connectivity index (χ4n) is 1.74. The van der Waals surface area contributed by atoms with Gasteiger partial charge in [0.05, 0.1) is 5.56 Å². The van der Waals surface area contributed by atoms with E-state index in [4.69, 9.17) is 4.74 Å². The second-order valence-electron chi connectivity index (χ2n) is 4.03. The van der Waals surface area contributed by atoms with E-state index in [1.807, 2.05) is 37.4 Å². The SMILES string of the molecule is CSc1ccc(Oc2cc(Br)ccc2C=O)cc1C. The lowest BCUT2D eigenvalue weighted by atomic mass is 10.2. The van der Waals surface area contributed by atoms with Crippen molar-refractivity contribution in [3.05, 3.63) is 52.0 Å². The molecule has 0 bridgehead atoms. The summed E-state index contributed by atoms with van der Waals surface area (Å²) in [6, 6.07) is 11.2. The molecule has 0 atom stereocenters. The van der Waals surface area contributed by atoms with E-state index in [0.29, 0.717) is 11.3 Å². The predicted molar refractivity (Wildman–Crippen MR) is 82.6 cm³/mol. The molecular formula is C15H13BrO2S. The van der Waals surface area contributed by atoms with Crippen LogP contribution in [0.4, 0.5) is 0 Å². The van der Waals surface area contributed by atoms with Gasteiger partial charge in [0.25, 0.3) is 0 Å². The summed E-state index contributed by atoms with van der Waals surface area (Å²) in [7, 11) is 0. The van der Waals surface area contributed by atoms with Crippen LogP contribution >= 0.6 is 27.7 Å². The van der Waals surface area contributed by atoms with E-state index in [9.17, 15) is 4.79 Å². The van der Waals surface area contributed by atoms with Gasteiger partial charge in [-0.05, 0) is 55.1 Å². The van der Waals surface area contributed by atoms with Gasteiger partial charge in [0.2, 0.25) is 0 Å². The monoisotopic (exact) mass is 336 g/mol. The number of hydrogen-bond acceptors (Lipinski definition) is 3. The molecule has 0 saturated carbocycles. The Bertz CT molecular complexity index is 611. The van der Waals surface area contributed by atoms with Crippen LogP contribution in [-0.4, -0.2) is 12.5 Å². The molecule has 4 heteroatoms. The van der Waals surface area contributed by atoms with E-state index in [2.05, 4.69) is 15.9 Å². The lowest BCUT2D eigenvalue weighted by Gasteiger charge is -2.10. The van der Waals surface area contributed by atoms with Gasteiger partial charge in [0, 0.05) is 9.37 Å². The van der Waals surface area contributed by atoms with E-state index in [-0.39, 0.29) is 0 Å². The Labute approximate surface area is 125 Å². The maximum atomic E-state index is 11.0. The summed E-state index contributed by atoms with van der Waals surface area (Å²) in [5.41, 5.74) is 1.70. The highest BCUT2D eigenvalue weighted by molar-refractivity contribution is 9.10. The van der Waals surface area contributed by atoms with Crippen LogP contribution in [0.2, 0.25) is 0 Å². The minimum atomic E-state index is 0.537. The van der Waals surface area contributed by atoms with Gasteiger partial charge in [-0.3, -0.25) is 4.79 Å². The number of hydrogen-bond donors (Lipinski definition) is 0. The highest BCUT2D eigenvalue weighted by Gasteiger charge is 2.06. The Balaban J connectivity index is 2.33. The molecule has 2 rings (SSSR count). The van der Waals surface area contributed by atoms with Crippen LogP contribution in [0.15, 0.2) is 45.8 Å². The standard InChI is InChI=1S/C15H13BrO2S/c1-10-7-13(5-6-15(10)19-2)18-14-8-12(16)4-3-11(14)9-17/h3-9H,1-2H3. The Morgan fingerprint density at radius 1 is 1.21 bits per heavy atom. The zero-order chi connectivity index (χ0) is 13.8. The van der Waals surface area contributed by atoms with Crippen LogP contribution in [0.5, 0.6) is 11.5 Å². The van der Waals surface area contributed by atoms with Crippen molar-refractivity contribution in [3.63, 3.8) is 0 Å². The molecule has 0 heterocycles. The smallest absolute Gasteiger partial charge is 0.153 e. The zero-order valence-corrected chi connectivity index (χ0v) is 13.0. The molecule has 0 aromatic heterocycles. The Hall–Kier alpha value is -1.26. The molecule has 98 valence electrons. The molecule has 2 aromatic carbocycles. The van der Waals surface area contributed by atoms with Crippen molar-refractivity contribution in [1.29, 1.82) is 0 Å². The third kappa shape index (κ3) is 3.39. The Morgan fingerprint density at radius 3 is 2.63 bits per heavy atom. The van der Waals surface area contributed by atoms with Crippen molar-refractivity contribution < 1.29 is 9.53 Å². The molecule has 0 radical (unpaired) electrons. The Kier molecular flexibility index (Phi) is 4.66. The van der Waals surface area contributed by atoms with E-state index in [1.165, 1.54) is 4.90 Å². The summed E-state index contributed by atoms with van der Waals surface area (Å²) >= 11 is 5.08. The van der Waals surface area contributed by atoms with Crippen LogP contribution in [0.3, 0.4) is 0 Å². The summed E-state index contributed by atoms with van der Waals surface area (Å²) < 4.78 is 6.67. The normalized spacial score (nSPS) is 10.3. The molecule has 2 nitrogen and oxygen atoms in total. The lowest BCUT2D eigenvalue weighted by molar-refractivity contribution is 0.112. The number of carbonyl (C=O) groups is 1. The minimum absolute atomic E-state index is 0.537. The molecule has 0 spiro atoms. The van der Waals surface area contributed by atoms with Crippen molar-refractivity contribution in [2.75, 3.05) is 6.26 Å². The average Bonchev–Trinajstić information content (AvgIpc) is 2.39. The number of rotatable bonds is 4. The highest BCUT2D eigenvalue weighted by atomic mass is 79.9. The molecular weight excluding hydrogens is 324 g/mol. The van der Waals surface area contributed by atoms with E-state index in [0.717, 1.165) is 22.1 Å². The van der Waals surface area contributed by atoms with E-state index >= 15 is 0 Å². The van der Waals surface area contributed by atoms with Gasteiger partial charge in [0.1, 0.15) is 11.5 Å². The quantitative estimate of drug-likeness (QED) is 0.575. The van der Waals surface area contributed by atoms with Crippen LogP contribution in [0, 0.1) is 6.92 Å². The van der Waals surface area contributed by atoms with Gasteiger partial charge in [-0.2, -0.15) is 0 Å². The third-order valence-corrected chi connectivity index (χ3v) is 4.09. The number of carbonyl (C=O) groups excluding carboxylic acids is 1. The molecule has 0 aliphatic rings. The number of thioether (sulfide) groups is 1. The van der Waals surface area contributed by atoms with Gasteiger partial charge in [-0.15, -0.1) is 11.8 Å². The van der Waals surface area contributed by atoms with Crippen molar-refractivity contribution in [2.45, 2.75) is 11.8 Å². The van der Waals surface area contributed by atoms with Crippen molar-refractivity contribution >= 4 is 34.0 Å². The van der Waals surface area contributed by atoms with Gasteiger partial charge in [-0.1, -0.05) is 15.9 Å². The first-order chi connectivity index (χ1) is 9.13. The third-order valence-electron chi connectivity index (χ3n) is 2.70. The number of aldehydes is 1. The molecule has 0 N–H and O–H groups in total. The lowest BCUT2D eigenvalue weighted by Crippen LogP contribution is -1.91. The largest absolute Gasteiger partial charge is 0.457 e. The fourth-order valence-corrected chi connectivity index (χ4v) is 2.66. The van der Waals surface area contributed by atoms with Gasteiger partial charge in [-0.25, -0.2) is 0 Å².